The van der Waals surface area contributed by atoms with Gasteiger partial charge in [-0.15, -0.1) is 21.9 Å². The molecule has 0 saturated heterocycles. The molecule has 8 nitrogen and oxygen atoms in total. The number of benzene rings is 1. The summed E-state index contributed by atoms with van der Waals surface area (Å²) in [6.07, 6.45) is 3.14. The number of allylic oxidation sites excluding steroid dienone is 1. The Morgan fingerprint density at radius 1 is 1.25 bits per heavy atom. The minimum absolute atomic E-state index is 0.0343. The molecule has 0 bridgehead atoms. The number of nitrogens with zero attached hydrogens (tertiary/aromatic N) is 8. The smallest absolute Gasteiger partial charge is 0.248 e. The normalized spacial score (nSPS) is 16.0. The number of aromatic nitrogens is 7. The molecule has 1 aliphatic carbocycles. The maximum absolute atomic E-state index is 13.1. The van der Waals surface area contributed by atoms with Gasteiger partial charge >= 0.3 is 0 Å². The Morgan fingerprint density at radius 3 is 2.61 bits per heavy atom. The summed E-state index contributed by atoms with van der Waals surface area (Å²) in [5.41, 5.74) is 1.70. The summed E-state index contributed by atoms with van der Waals surface area (Å²) in [6, 6.07) is 7.60. The molecule has 0 N–H and O–H groups in total. The third-order valence-electron chi connectivity index (χ3n) is 4.83. The molecule has 0 atom stereocenters. The van der Waals surface area contributed by atoms with Crippen LogP contribution in [-0.2, 0) is 6.54 Å². The summed E-state index contributed by atoms with van der Waals surface area (Å²) in [6.45, 7) is 4.83. The fraction of sp³-hybridized carbons (Fsp3) is 0.389. The maximum Gasteiger partial charge on any atom is 0.248 e. The predicted octanol–water partition coefficient (Wildman–Crippen LogP) is 2.59. The SMILES string of the molecule is C=CCn1c(-c2ccc(-n3cnnn3)cc2)nnc1N(C)CC1CC(F)(F)C1. The van der Waals surface area contributed by atoms with E-state index >= 15 is 0 Å². The Kier molecular flexibility index (Phi) is 4.62. The monoisotopic (exact) mass is 386 g/mol. The molecule has 0 amide bonds. The molecular weight excluding hydrogens is 366 g/mol. The van der Waals surface area contributed by atoms with Crippen molar-refractivity contribution >= 4 is 5.95 Å². The van der Waals surface area contributed by atoms with Crippen LogP contribution in [0.4, 0.5) is 14.7 Å². The van der Waals surface area contributed by atoms with Gasteiger partial charge in [0.1, 0.15) is 6.33 Å². The lowest BCUT2D eigenvalue weighted by molar-refractivity contribution is -0.107. The van der Waals surface area contributed by atoms with E-state index in [-0.39, 0.29) is 18.8 Å². The molecule has 1 aromatic carbocycles. The zero-order valence-corrected chi connectivity index (χ0v) is 15.4. The van der Waals surface area contributed by atoms with Crippen molar-refractivity contribution in [3.05, 3.63) is 43.2 Å². The summed E-state index contributed by atoms with van der Waals surface area (Å²) in [7, 11) is 1.85. The lowest BCUT2D eigenvalue weighted by atomic mass is 9.81. The van der Waals surface area contributed by atoms with Gasteiger partial charge in [0.15, 0.2) is 5.82 Å². The van der Waals surface area contributed by atoms with Crippen LogP contribution in [0.5, 0.6) is 0 Å². The average molecular weight is 386 g/mol. The van der Waals surface area contributed by atoms with Crippen LogP contribution in [0.1, 0.15) is 12.8 Å². The predicted molar refractivity (Wildman–Crippen MR) is 99.3 cm³/mol. The maximum atomic E-state index is 13.1. The lowest BCUT2D eigenvalue weighted by Gasteiger charge is -2.37. The van der Waals surface area contributed by atoms with E-state index < -0.39 is 5.92 Å². The minimum atomic E-state index is -2.52. The van der Waals surface area contributed by atoms with Gasteiger partial charge in [-0.05, 0) is 40.6 Å². The number of halogens is 2. The van der Waals surface area contributed by atoms with E-state index in [1.165, 1.54) is 6.33 Å². The van der Waals surface area contributed by atoms with Gasteiger partial charge in [-0.3, -0.25) is 4.57 Å². The van der Waals surface area contributed by atoms with Gasteiger partial charge in [0.05, 0.1) is 5.69 Å². The summed E-state index contributed by atoms with van der Waals surface area (Å²) >= 11 is 0. The Morgan fingerprint density at radius 2 is 2.00 bits per heavy atom. The second-order valence-electron chi connectivity index (χ2n) is 7.03. The quantitative estimate of drug-likeness (QED) is 0.581. The first-order chi connectivity index (χ1) is 13.5. The number of alkyl halides is 2. The third kappa shape index (κ3) is 3.49. The average Bonchev–Trinajstić information content (AvgIpc) is 3.31. The Labute approximate surface area is 160 Å². The molecule has 2 aromatic heterocycles. The molecule has 0 aliphatic heterocycles. The van der Waals surface area contributed by atoms with Crippen LogP contribution in [0, 0.1) is 5.92 Å². The van der Waals surface area contributed by atoms with Crippen molar-refractivity contribution in [2.75, 3.05) is 18.5 Å². The first-order valence-electron chi connectivity index (χ1n) is 8.94. The van der Waals surface area contributed by atoms with E-state index in [0.717, 1.165) is 11.3 Å². The van der Waals surface area contributed by atoms with Crippen LogP contribution in [0.2, 0.25) is 0 Å². The topological polar surface area (TPSA) is 77.5 Å². The van der Waals surface area contributed by atoms with Gasteiger partial charge < -0.3 is 4.90 Å². The van der Waals surface area contributed by atoms with E-state index in [1.807, 2.05) is 40.8 Å². The number of hydrogen-bond donors (Lipinski definition) is 0. The highest BCUT2D eigenvalue weighted by Gasteiger charge is 2.45. The summed E-state index contributed by atoms with van der Waals surface area (Å²) in [4.78, 5) is 1.88. The summed E-state index contributed by atoms with van der Waals surface area (Å²) < 4.78 is 29.7. The van der Waals surface area contributed by atoms with Crippen molar-refractivity contribution in [3.63, 3.8) is 0 Å². The molecule has 3 aromatic rings. The summed E-state index contributed by atoms with van der Waals surface area (Å²) in [5, 5.41) is 19.7. The van der Waals surface area contributed by atoms with Crippen LogP contribution in [0.3, 0.4) is 0 Å². The van der Waals surface area contributed by atoms with E-state index in [1.54, 1.807) is 10.8 Å². The molecule has 4 rings (SSSR count). The Bertz CT molecular complexity index is 941. The van der Waals surface area contributed by atoms with Crippen molar-refractivity contribution in [3.8, 4) is 17.1 Å². The van der Waals surface area contributed by atoms with Gasteiger partial charge in [0.2, 0.25) is 11.9 Å². The first-order valence-corrected chi connectivity index (χ1v) is 8.94. The van der Waals surface area contributed by atoms with Crippen molar-refractivity contribution in [2.45, 2.75) is 25.3 Å². The molecule has 1 saturated carbocycles. The first kappa shape index (κ1) is 18.2. The van der Waals surface area contributed by atoms with E-state index in [0.29, 0.717) is 24.9 Å². The van der Waals surface area contributed by atoms with Crippen molar-refractivity contribution in [2.24, 2.45) is 5.92 Å². The third-order valence-corrected chi connectivity index (χ3v) is 4.83. The van der Waals surface area contributed by atoms with E-state index in [2.05, 4.69) is 32.3 Å². The van der Waals surface area contributed by atoms with E-state index in [9.17, 15) is 8.78 Å². The van der Waals surface area contributed by atoms with Crippen LogP contribution < -0.4 is 4.90 Å². The van der Waals surface area contributed by atoms with Gasteiger partial charge in [-0.2, -0.15) is 0 Å². The van der Waals surface area contributed by atoms with Crippen molar-refractivity contribution < 1.29 is 8.78 Å². The highest BCUT2D eigenvalue weighted by Crippen LogP contribution is 2.42. The fourth-order valence-electron chi connectivity index (χ4n) is 3.51. The number of hydrogen-bond acceptors (Lipinski definition) is 6. The number of anilines is 1. The molecule has 10 heteroatoms. The molecule has 0 unspecified atom stereocenters. The van der Waals surface area contributed by atoms with Crippen LogP contribution >= 0.6 is 0 Å². The number of tetrazole rings is 1. The van der Waals surface area contributed by atoms with Crippen LogP contribution in [-0.4, -0.2) is 54.5 Å². The molecular formula is C18H20F2N8. The highest BCUT2D eigenvalue weighted by molar-refractivity contribution is 5.59. The Balaban J connectivity index is 1.57. The molecule has 0 spiro atoms. The molecule has 146 valence electrons. The largest absolute Gasteiger partial charge is 0.344 e. The van der Waals surface area contributed by atoms with Gasteiger partial charge in [0.25, 0.3) is 0 Å². The molecule has 0 radical (unpaired) electrons. The highest BCUT2D eigenvalue weighted by atomic mass is 19.3. The number of rotatable bonds is 7. The molecule has 2 heterocycles. The molecule has 1 aliphatic rings. The minimum Gasteiger partial charge on any atom is -0.344 e. The molecule has 1 fully saturated rings. The van der Waals surface area contributed by atoms with Gasteiger partial charge in [-0.1, -0.05) is 6.08 Å². The fourth-order valence-corrected chi connectivity index (χ4v) is 3.51. The van der Waals surface area contributed by atoms with Gasteiger partial charge in [0, 0.05) is 38.5 Å². The zero-order valence-electron chi connectivity index (χ0n) is 15.4. The Hall–Kier alpha value is -3.17. The van der Waals surface area contributed by atoms with Crippen molar-refractivity contribution in [1.29, 1.82) is 0 Å². The zero-order chi connectivity index (χ0) is 19.7. The lowest BCUT2D eigenvalue weighted by Crippen LogP contribution is -2.42. The standard InChI is InChI=1S/C18H20F2N8/c1-3-8-27-16(14-4-6-15(7-5-14)28-12-21-24-25-28)22-23-17(27)26(2)11-13-9-18(19,20)10-13/h3-7,12-13H,1,8-11H2,2H3. The van der Waals surface area contributed by atoms with E-state index in [4.69, 9.17) is 0 Å². The second kappa shape index (κ2) is 7.10. The summed E-state index contributed by atoms with van der Waals surface area (Å²) in [5.74, 6) is -1.24. The molecule has 28 heavy (non-hydrogen) atoms. The van der Waals surface area contributed by atoms with Crippen LogP contribution in [0.15, 0.2) is 43.2 Å². The van der Waals surface area contributed by atoms with Gasteiger partial charge in [-0.25, -0.2) is 13.5 Å². The van der Waals surface area contributed by atoms with Crippen LogP contribution in [0.25, 0.3) is 17.1 Å². The van der Waals surface area contributed by atoms with Crippen molar-refractivity contribution in [1.82, 2.24) is 35.0 Å². The second-order valence-corrected chi connectivity index (χ2v) is 7.03.